The fourth-order valence-electron chi connectivity index (χ4n) is 6.24. The average molecular weight is 557 g/mol. The van der Waals surface area contributed by atoms with Crippen LogP contribution < -0.4 is 0 Å². The quantitative estimate of drug-likeness (QED) is 0.113. The van der Waals surface area contributed by atoms with Gasteiger partial charge in [0, 0.05) is 38.9 Å². The zero-order valence-corrected chi connectivity index (χ0v) is 24.4. The molecule has 0 spiro atoms. The number of nitrogens with one attached hydrogen (secondary N) is 2. The van der Waals surface area contributed by atoms with Crippen molar-refractivity contribution in [2.45, 2.75) is 64.2 Å². The van der Waals surface area contributed by atoms with Gasteiger partial charge in [0.1, 0.15) is 11.5 Å². The van der Waals surface area contributed by atoms with Crippen molar-refractivity contribution in [2.75, 3.05) is 0 Å². The fraction of sp³-hybridized carbons (Fsp3) is 0.263. The molecule has 4 heteroatoms. The summed E-state index contributed by atoms with van der Waals surface area (Å²) in [7, 11) is 0. The molecule has 0 amide bonds. The Balaban J connectivity index is 1.35. The predicted octanol–water partition coefficient (Wildman–Crippen LogP) is 10.7. The van der Waals surface area contributed by atoms with Crippen molar-refractivity contribution in [2.24, 2.45) is 0 Å². The van der Waals surface area contributed by atoms with E-state index >= 15 is 0 Å². The number of unbranched alkanes of at least 4 members (excludes halogenated alkanes) is 6. The Morgan fingerprint density at radius 1 is 0.548 bits per heavy atom. The molecule has 0 fully saturated rings. The number of hydrogen-bond donors (Lipinski definition) is 4. The zero-order chi connectivity index (χ0) is 28.9. The molecule has 0 aliphatic rings. The van der Waals surface area contributed by atoms with Gasteiger partial charge in [0.2, 0.25) is 0 Å². The first-order valence-corrected chi connectivity index (χ1v) is 15.4. The number of phenols is 2. The number of aromatic hydroxyl groups is 2. The van der Waals surface area contributed by atoms with E-state index in [-0.39, 0.29) is 17.4 Å². The molecule has 0 radical (unpaired) electrons. The molecule has 0 atom stereocenters. The fourth-order valence-corrected chi connectivity index (χ4v) is 6.24. The van der Waals surface area contributed by atoms with Crippen LogP contribution in [0, 0.1) is 0 Å². The van der Waals surface area contributed by atoms with Crippen molar-refractivity contribution < 1.29 is 10.2 Å². The third kappa shape index (κ3) is 5.94. The van der Waals surface area contributed by atoms with Crippen molar-refractivity contribution in [1.29, 1.82) is 0 Å². The monoisotopic (exact) mass is 556 g/mol. The van der Waals surface area contributed by atoms with Crippen molar-refractivity contribution in [3.8, 4) is 34.0 Å². The maximum atomic E-state index is 10.9. The summed E-state index contributed by atoms with van der Waals surface area (Å²) in [6.07, 6.45) is 9.80. The van der Waals surface area contributed by atoms with Crippen LogP contribution in [0.2, 0.25) is 0 Å². The molecule has 2 heterocycles. The highest BCUT2D eigenvalue weighted by Crippen LogP contribution is 2.40. The molecular formula is C38H40N2O2. The first kappa shape index (κ1) is 27.7. The Labute approximate surface area is 248 Å². The highest BCUT2D eigenvalue weighted by molar-refractivity contribution is 5.88. The minimum absolute atomic E-state index is 0.132. The molecular weight excluding hydrogens is 516 g/mol. The normalized spacial score (nSPS) is 11.7. The van der Waals surface area contributed by atoms with Gasteiger partial charge in [0.05, 0.1) is 11.4 Å². The van der Waals surface area contributed by atoms with Crippen LogP contribution in [0.4, 0.5) is 0 Å². The highest BCUT2D eigenvalue weighted by atomic mass is 16.3. The number of H-pyrrole nitrogens is 2. The molecule has 0 saturated heterocycles. The number of benzene rings is 4. The predicted molar refractivity (Wildman–Crippen MR) is 175 cm³/mol. The zero-order valence-electron chi connectivity index (χ0n) is 24.4. The van der Waals surface area contributed by atoms with Crippen molar-refractivity contribution >= 4 is 21.8 Å². The first-order chi connectivity index (χ1) is 20.6. The van der Waals surface area contributed by atoms with Crippen LogP contribution in [-0.4, -0.2) is 20.2 Å². The summed E-state index contributed by atoms with van der Waals surface area (Å²) in [6, 6.07) is 32.7. The Hall–Kier alpha value is -4.44. The Morgan fingerprint density at radius 2 is 1.02 bits per heavy atom. The number of aromatic amines is 2. The number of hydrogen-bond acceptors (Lipinski definition) is 2. The van der Waals surface area contributed by atoms with Gasteiger partial charge in [-0.25, -0.2) is 0 Å². The van der Waals surface area contributed by atoms with Crippen LogP contribution in [0.5, 0.6) is 11.5 Å². The van der Waals surface area contributed by atoms with Gasteiger partial charge in [0.25, 0.3) is 0 Å². The molecule has 0 bridgehead atoms. The lowest BCUT2D eigenvalue weighted by Gasteiger charge is -2.21. The lowest BCUT2D eigenvalue weighted by atomic mass is 9.84. The van der Waals surface area contributed by atoms with Crippen LogP contribution >= 0.6 is 0 Å². The molecule has 0 aliphatic carbocycles. The minimum Gasteiger partial charge on any atom is -0.507 e. The molecule has 42 heavy (non-hydrogen) atoms. The molecule has 0 saturated carbocycles. The van der Waals surface area contributed by atoms with Crippen molar-refractivity contribution in [3.63, 3.8) is 0 Å². The van der Waals surface area contributed by atoms with E-state index in [1.165, 1.54) is 49.7 Å². The van der Waals surface area contributed by atoms with E-state index in [1.807, 2.05) is 36.4 Å². The van der Waals surface area contributed by atoms with E-state index < -0.39 is 0 Å². The first-order valence-electron chi connectivity index (χ1n) is 15.4. The molecule has 4 N–H and O–H groups in total. The topological polar surface area (TPSA) is 72.0 Å². The lowest BCUT2D eigenvalue weighted by molar-refractivity contribution is 0.476. The highest BCUT2D eigenvalue weighted by Gasteiger charge is 2.20. The Morgan fingerprint density at radius 3 is 1.52 bits per heavy atom. The summed E-state index contributed by atoms with van der Waals surface area (Å²) in [4.78, 5) is 6.98. The SMILES string of the molecule is CCCCCCCCCC(c1ccc(O)c(-c2cc3ccccc3[nH]2)c1)c1ccc(O)c(-c2cc3ccccc3[nH]2)c1. The van der Waals surface area contributed by atoms with Crippen LogP contribution in [0.25, 0.3) is 44.3 Å². The molecule has 214 valence electrons. The third-order valence-electron chi connectivity index (χ3n) is 8.58. The molecule has 6 aromatic rings. The second kappa shape index (κ2) is 12.6. The van der Waals surface area contributed by atoms with E-state index in [4.69, 9.17) is 0 Å². The summed E-state index contributed by atoms with van der Waals surface area (Å²) in [5, 5.41) is 24.1. The van der Waals surface area contributed by atoms with Gasteiger partial charge in [0.15, 0.2) is 0 Å². The smallest absolute Gasteiger partial charge is 0.124 e. The molecule has 2 aromatic heterocycles. The molecule has 0 aliphatic heterocycles. The van der Waals surface area contributed by atoms with Gasteiger partial charge in [-0.3, -0.25) is 0 Å². The number of fused-ring (bicyclic) bond motifs is 2. The van der Waals surface area contributed by atoms with Crippen LogP contribution in [0.3, 0.4) is 0 Å². The van der Waals surface area contributed by atoms with E-state index in [2.05, 4.69) is 77.6 Å². The Kier molecular flexibility index (Phi) is 8.32. The second-order valence-corrected chi connectivity index (χ2v) is 11.6. The van der Waals surface area contributed by atoms with Gasteiger partial charge in [-0.15, -0.1) is 0 Å². The summed E-state index contributed by atoms with van der Waals surface area (Å²) in [6.45, 7) is 2.26. The van der Waals surface area contributed by atoms with E-state index in [9.17, 15) is 10.2 Å². The lowest BCUT2D eigenvalue weighted by Crippen LogP contribution is -2.03. The van der Waals surface area contributed by atoms with Gasteiger partial charge >= 0.3 is 0 Å². The Bertz CT molecular complexity index is 1600. The number of rotatable bonds is 12. The van der Waals surface area contributed by atoms with E-state index in [0.717, 1.165) is 57.2 Å². The van der Waals surface area contributed by atoms with E-state index in [1.54, 1.807) is 0 Å². The van der Waals surface area contributed by atoms with Crippen LogP contribution in [-0.2, 0) is 0 Å². The minimum atomic E-state index is 0.132. The number of aromatic nitrogens is 2. The number of para-hydroxylation sites is 2. The van der Waals surface area contributed by atoms with Gasteiger partial charge in [-0.1, -0.05) is 100 Å². The maximum absolute atomic E-state index is 10.9. The molecule has 0 unspecified atom stereocenters. The summed E-state index contributed by atoms with van der Waals surface area (Å²) >= 11 is 0. The van der Waals surface area contributed by atoms with Gasteiger partial charge in [-0.2, -0.15) is 0 Å². The third-order valence-corrected chi connectivity index (χ3v) is 8.58. The maximum Gasteiger partial charge on any atom is 0.124 e. The van der Waals surface area contributed by atoms with Crippen LogP contribution in [0.1, 0.15) is 75.3 Å². The van der Waals surface area contributed by atoms with Gasteiger partial charge < -0.3 is 20.2 Å². The summed E-state index contributed by atoms with van der Waals surface area (Å²) in [5.41, 5.74) is 7.88. The van der Waals surface area contributed by atoms with E-state index in [0.29, 0.717) is 0 Å². The summed E-state index contributed by atoms with van der Waals surface area (Å²) < 4.78 is 0. The molecule has 6 rings (SSSR count). The standard InChI is InChI=1S/C38H40N2O2/c1-2-3-4-5-6-7-8-15-30(26-18-20-37(41)31(22-26)35-24-28-13-9-11-16-33(28)39-35)27-19-21-38(42)32(23-27)36-25-29-14-10-12-17-34(29)40-36/h9-14,16-25,30,39-42H,2-8,15H2,1H3. The molecule has 4 nitrogen and oxygen atoms in total. The van der Waals surface area contributed by atoms with Crippen molar-refractivity contribution in [3.05, 3.63) is 108 Å². The largest absolute Gasteiger partial charge is 0.507 e. The summed E-state index contributed by atoms with van der Waals surface area (Å²) in [5.74, 6) is 0.669. The van der Waals surface area contributed by atoms with Crippen LogP contribution in [0.15, 0.2) is 97.1 Å². The second-order valence-electron chi connectivity index (χ2n) is 11.6. The van der Waals surface area contributed by atoms with Crippen molar-refractivity contribution in [1.82, 2.24) is 9.97 Å². The number of phenolic OH excluding ortho intramolecular Hbond substituents is 2. The molecule has 4 aromatic carbocycles. The average Bonchev–Trinajstić information content (AvgIpc) is 3.64. The van der Waals surface area contributed by atoms with Gasteiger partial charge in [-0.05, 0) is 66.1 Å².